The summed E-state index contributed by atoms with van der Waals surface area (Å²) in [5, 5.41) is 10.7. The predicted octanol–water partition coefficient (Wildman–Crippen LogP) is 4.34. The molecule has 0 spiro atoms. The van der Waals surface area contributed by atoms with Gasteiger partial charge >= 0.3 is 5.97 Å². The third-order valence-electron chi connectivity index (χ3n) is 6.61. The van der Waals surface area contributed by atoms with Gasteiger partial charge in [-0.25, -0.2) is 0 Å². The van der Waals surface area contributed by atoms with E-state index in [1.54, 1.807) is 26.0 Å². The van der Waals surface area contributed by atoms with E-state index in [-0.39, 0.29) is 12.2 Å². The first kappa shape index (κ1) is 26.6. The van der Waals surface area contributed by atoms with E-state index in [1.807, 2.05) is 42.7 Å². The summed E-state index contributed by atoms with van der Waals surface area (Å²) in [6.45, 7) is 1.76. The average Bonchev–Trinajstić information content (AvgIpc) is 2.92. The highest BCUT2D eigenvalue weighted by Crippen LogP contribution is 2.36. The first-order valence-electron chi connectivity index (χ1n) is 11.9. The molecular weight excluding hydrogens is 494 g/mol. The van der Waals surface area contributed by atoms with Crippen LogP contribution in [0.2, 0.25) is 0 Å². The summed E-state index contributed by atoms with van der Waals surface area (Å²) >= 11 is 1.60. The molecule has 0 aliphatic carbocycles. The number of methoxy groups -OCH3 is 3. The second-order valence-electron chi connectivity index (χ2n) is 8.83. The Labute approximate surface area is 220 Å². The van der Waals surface area contributed by atoms with Crippen molar-refractivity contribution in [3.63, 3.8) is 0 Å². The van der Waals surface area contributed by atoms with Crippen LogP contribution in [0, 0.1) is 0 Å². The van der Waals surface area contributed by atoms with E-state index < -0.39 is 23.1 Å². The van der Waals surface area contributed by atoms with Crippen LogP contribution in [0.1, 0.15) is 40.5 Å². The van der Waals surface area contributed by atoms with Crippen LogP contribution in [0.5, 0.6) is 17.2 Å². The normalized spacial score (nSPS) is 14.1. The number of nitrogens with zero attached hydrogens (tertiary/aromatic N) is 1. The van der Waals surface area contributed by atoms with Crippen molar-refractivity contribution in [2.24, 2.45) is 0 Å². The molecule has 1 atom stereocenters. The zero-order chi connectivity index (χ0) is 26.5. The molecule has 0 saturated carbocycles. The fourth-order valence-electron chi connectivity index (χ4n) is 4.61. The molecule has 196 valence electrons. The second kappa shape index (κ2) is 11.7. The lowest BCUT2D eigenvalue weighted by molar-refractivity contribution is -0.140. The molecule has 1 aliphatic heterocycles. The average molecular weight is 526 g/mol. The maximum atomic E-state index is 12.8. The minimum absolute atomic E-state index is 0.0635. The lowest BCUT2D eigenvalue weighted by Crippen LogP contribution is -2.30. The van der Waals surface area contributed by atoms with Crippen LogP contribution in [0.15, 0.2) is 56.6 Å². The van der Waals surface area contributed by atoms with Crippen molar-refractivity contribution in [3.8, 4) is 17.2 Å². The minimum Gasteiger partial charge on any atom is -0.502 e. The topological polar surface area (TPSA) is 98.4 Å². The van der Waals surface area contributed by atoms with Gasteiger partial charge in [0.2, 0.25) is 11.2 Å². The highest BCUT2D eigenvalue weighted by molar-refractivity contribution is 7.98. The van der Waals surface area contributed by atoms with Gasteiger partial charge in [-0.3, -0.25) is 14.5 Å². The fourth-order valence-corrected chi connectivity index (χ4v) is 5.02. The van der Waals surface area contributed by atoms with E-state index in [4.69, 9.17) is 18.6 Å². The Morgan fingerprint density at radius 3 is 2.38 bits per heavy atom. The standard InChI is InChI=1S/C28H31NO7S/c1-33-24-11-18-9-10-29(15-19(18)12-25(24)34-2)16-20-13-23(30)27(32)28(36-20)22(14-26(31)35-3)17-5-7-21(37-4)8-6-17/h5-8,11-13,22,32H,9-10,14-16H2,1-4H3/t22-/m1/s1. The first-order chi connectivity index (χ1) is 17.9. The number of hydrogen-bond donors (Lipinski definition) is 1. The van der Waals surface area contributed by atoms with Crippen molar-refractivity contribution in [2.45, 2.75) is 36.7 Å². The Morgan fingerprint density at radius 1 is 1.08 bits per heavy atom. The van der Waals surface area contributed by atoms with E-state index in [0.717, 1.165) is 29.0 Å². The zero-order valence-electron chi connectivity index (χ0n) is 21.4. The maximum Gasteiger partial charge on any atom is 0.306 e. The molecule has 1 aliphatic rings. The lowest BCUT2D eigenvalue weighted by Gasteiger charge is -2.29. The Morgan fingerprint density at radius 2 is 1.76 bits per heavy atom. The summed E-state index contributed by atoms with van der Waals surface area (Å²) in [4.78, 5) is 28.2. The highest BCUT2D eigenvalue weighted by atomic mass is 32.2. The summed E-state index contributed by atoms with van der Waals surface area (Å²) in [6.07, 6.45) is 2.70. The van der Waals surface area contributed by atoms with E-state index in [1.165, 1.54) is 18.7 Å². The van der Waals surface area contributed by atoms with Crippen LogP contribution in [0.25, 0.3) is 0 Å². The van der Waals surface area contributed by atoms with Gasteiger partial charge in [-0.1, -0.05) is 12.1 Å². The quantitative estimate of drug-likeness (QED) is 0.323. The van der Waals surface area contributed by atoms with Crippen molar-refractivity contribution < 1.29 is 28.5 Å². The van der Waals surface area contributed by atoms with Gasteiger partial charge in [0.15, 0.2) is 17.3 Å². The summed E-state index contributed by atoms with van der Waals surface area (Å²) < 4.78 is 21.9. The number of hydrogen-bond acceptors (Lipinski definition) is 9. The van der Waals surface area contributed by atoms with Crippen LogP contribution in [-0.2, 0) is 29.0 Å². The van der Waals surface area contributed by atoms with Gasteiger partial charge in [0.25, 0.3) is 0 Å². The van der Waals surface area contributed by atoms with Gasteiger partial charge in [0, 0.05) is 24.1 Å². The van der Waals surface area contributed by atoms with Gasteiger partial charge in [-0.15, -0.1) is 11.8 Å². The molecule has 0 unspecified atom stereocenters. The van der Waals surface area contributed by atoms with Crippen molar-refractivity contribution in [2.75, 3.05) is 34.1 Å². The minimum atomic E-state index is -0.671. The monoisotopic (exact) mass is 525 g/mol. The SMILES string of the molecule is COC(=O)C[C@H](c1ccc(SC)cc1)c1oc(CN2CCc3cc(OC)c(OC)cc3C2)cc(=O)c1O. The molecule has 0 saturated heterocycles. The van der Waals surface area contributed by atoms with E-state index in [9.17, 15) is 14.7 Å². The molecule has 0 radical (unpaired) electrons. The summed E-state index contributed by atoms with van der Waals surface area (Å²) in [7, 11) is 4.53. The van der Waals surface area contributed by atoms with Crippen molar-refractivity contribution in [1.82, 2.24) is 4.90 Å². The molecule has 2 heterocycles. The molecule has 9 heteroatoms. The third-order valence-corrected chi connectivity index (χ3v) is 7.35. The predicted molar refractivity (Wildman–Crippen MR) is 141 cm³/mol. The third kappa shape index (κ3) is 5.94. The number of ether oxygens (including phenoxy) is 3. The molecule has 4 rings (SSSR count). The zero-order valence-corrected chi connectivity index (χ0v) is 22.2. The van der Waals surface area contributed by atoms with E-state index >= 15 is 0 Å². The Kier molecular flexibility index (Phi) is 8.45. The fraction of sp³-hybridized carbons (Fsp3) is 0.357. The lowest BCUT2D eigenvalue weighted by atomic mass is 9.92. The smallest absolute Gasteiger partial charge is 0.306 e. The van der Waals surface area contributed by atoms with E-state index in [2.05, 4.69) is 4.90 Å². The molecule has 8 nitrogen and oxygen atoms in total. The number of carbonyl (C=O) groups is 1. The summed E-state index contributed by atoms with van der Waals surface area (Å²) in [5.74, 6) is 0.211. The van der Waals surface area contributed by atoms with E-state index in [0.29, 0.717) is 30.3 Å². The summed E-state index contributed by atoms with van der Waals surface area (Å²) in [5.41, 5.74) is 2.50. The Bertz CT molecular complexity index is 1320. The van der Waals surface area contributed by atoms with Crippen LogP contribution in [-0.4, -0.2) is 50.1 Å². The number of thioether (sulfide) groups is 1. The number of aromatic hydroxyl groups is 1. The van der Waals surface area contributed by atoms with Crippen LogP contribution < -0.4 is 14.9 Å². The second-order valence-corrected chi connectivity index (χ2v) is 9.71. The Balaban J connectivity index is 1.64. The molecule has 2 aromatic carbocycles. The van der Waals surface area contributed by atoms with Gasteiger partial charge in [0.1, 0.15) is 5.76 Å². The molecule has 37 heavy (non-hydrogen) atoms. The van der Waals surface area contributed by atoms with Crippen molar-refractivity contribution in [3.05, 3.63) is 80.9 Å². The number of fused-ring (bicyclic) bond motifs is 1. The molecule has 0 amide bonds. The van der Waals surface area contributed by atoms with Gasteiger partial charge in [0.05, 0.1) is 40.2 Å². The Hall–Kier alpha value is -3.43. The van der Waals surface area contributed by atoms with Crippen LogP contribution in [0.4, 0.5) is 0 Å². The molecule has 0 bridgehead atoms. The molecule has 1 N–H and O–H groups in total. The molecule has 0 fully saturated rings. The van der Waals surface area contributed by atoms with Gasteiger partial charge in [-0.05, 0) is 53.6 Å². The van der Waals surface area contributed by atoms with Crippen molar-refractivity contribution in [1.29, 1.82) is 0 Å². The summed E-state index contributed by atoms with van der Waals surface area (Å²) in [6, 6.07) is 12.9. The number of rotatable bonds is 9. The van der Waals surface area contributed by atoms with Gasteiger partial charge < -0.3 is 23.7 Å². The molecule has 1 aromatic heterocycles. The van der Waals surface area contributed by atoms with Crippen molar-refractivity contribution >= 4 is 17.7 Å². The number of esters is 1. The van der Waals surface area contributed by atoms with Crippen LogP contribution in [0.3, 0.4) is 0 Å². The van der Waals surface area contributed by atoms with Crippen LogP contribution >= 0.6 is 11.8 Å². The van der Waals surface area contributed by atoms with Gasteiger partial charge in [-0.2, -0.15) is 0 Å². The highest BCUT2D eigenvalue weighted by Gasteiger charge is 2.27. The largest absolute Gasteiger partial charge is 0.502 e. The number of carbonyl (C=O) groups excluding carboxylic acids is 1. The molecular formula is C28H31NO7S. The molecule has 3 aromatic rings. The maximum absolute atomic E-state index is 12.8. The number of benzene rings is 2. The first-order valence-corrected chi connectivity index (χ1v) is 13.1.